The molecule has 0 saturated carbocycles. The summed E-state index contributed by atoms with van der Waals surface area (Å²) in [6.45, 7) is 1.76. The highest BCUT2D eigenvalue weighted by atomic mass is 79.9. The van der Waals surface area contributed by atoms with E-state index in [4.69, 9.17) is 5.73 Å². The summed E-state index contributed by atoms with van der Waals surface area (Å²) < 4.78 is 0.871. The Bertz CT molecular complexity index is 354. The first-order valence-electron chi connectivity index (χ1n) is 4.26. The van der Waals surface area contributed by atoms with E-state index in [0.29, 0.717) is 0 Å². The van der Waals surface area contributed by atoms with Gasteiger partial charge in [-0.2, -0.15) is 0 Å². The quantitative estimate of drug-likeness (QED) is 0.859. The minimum absolute atomic E-state index is 0.396. The lowest BCUT2D eigenvalue weighted by Crippen LogP contribution is -2.48. The molecular formula is C10H13BrN2O. The maximum Gasteiger partial charge on any atom is 0.242 e. The lowest BCUT2D eigenvalue weighted by Gasteiger charge is -2.26. The number of primary amides is 1. The van der Waals surface area contributed by atoms with Gasteiger partial charge >= 0.3 is 0 Å². The predicted molar refractivity (Wildman–Crippen MR) is 59.7 cm³/mol. The topological polar surface area (TPSA) is 55.1 Å². The van der Waals surface area contributed by atoms with Crippen molar-refractivity contribution in [2.75, 3.05) is 7.05 Å². The van der Waals surface area contributed by atoms with Gasteiger partial charge in [-0.05, 0) is 25.6 Å². The number of amides is 1. The van der Waals surface area contributed by atoms with Gasteiger partial charge in [-0.1, -0.05) is 34.1 Å². The van der Waals surface area contributed by atoms with Crippen LogP contribution in [0.5, 0.6) is 0 Å². The van der Waals surface area contributed by atoms with Crippen LogP contribution < -0.4 is 11.1 Å². The Morgan fingerprint density at radius 1 is 1.50 bits per heavy atom. The van der Waals surface area contributed by atoms with Crippen LogP contribution in [0.3, 0.4) is 0 Å². The minimum atomic E-state index is -0.833. The van der Waals surface area contributed by atoms with Crippen LogP contribution in [0, 0.1) is 0 Å². The average Bonchev–Trinajstić information content (AvgIpc) is 2.17. The molecule has 76 valence electrons. The molecule has 1 amide bonds. The summed E-state index contributed by atoms with van der Waals surface area (Å²) in [6.07, 6.45) is 0. The Balaban J connectivity index is 3.26. The molecule has 0 aliphatic heterocycles. The van der Waals surface area contributed by atoms with Crippen molar-refractivity contribution >= 4 is 21.8 Å². The number of nitrogens with one attached hydrogen (secondary N) is 1. The van der Waals surface area contributed by atoms with Crippen LogP contribution in [0.2, 0.25) is 0 Å². The van der Waals surface area contributed by atoms with Crippen molar-refractivity contribution in [1.29, 1.82) is 0 Å². The number of rotatable bonds is 3. The van der Waals surface area contributed by atoms with E-state index >= 15 is 0 Å². The summed E-state index contributed by atoms with van der Waals surface area (Å²) in [5.74, 6) is -0.396. The molecule has 3 nitrogen and oxygen atoms in total. The molecule has 1 rings (SSSR count). The van der Waals surface area contributed by atoms with E-state index in [1.54, 1.807) is 14.0 Å². The number of likely N-dealkylation sites (N-methyl/N-ethyl adjacent to an activating group) is 1. The Morgan fingerprint density at radius 2 is 2.07 bits per heavy atom. The summed E-state index contributed by atoms with van der Waals surface area (Å²) in [7, 11) is 1.71. The lowest BCUT2D eigenvalue weighted by molar-refractivity contribution is -0.123. The summed E-state index contributed by atoms with van der Waals surface area (Å²) in [5, 5.41) is 2.93. The lowest BCUT2D eigenvalue weighted by atomic mass is 9.91. The van der Waals surface area contributed by atoms with Crippen molar-refractivity contribution in [3.63, 3.8) is 0 Å². The zero-order valence-electron chi connectivity index (χ0n) is 8.17. The Labute approximate surface area is 91.8 Å². The first kappa shape index (κ1) is 11.2. The fourth-order valence-electron chi connectivity index (χ4n) is 1.26. The molecule has 1 aromatic carbocycles. The molecule has 0 heterocycles. The highest BCUT2D eigenvalue weighted by Crippen LogP contribution is 2.27. The Morgan fingerprint density at radius 3 is 2.50 bits per heavy atom. The van der Waals surface area contributed by atoms with Crippen LogP contribution in [-0.2, 0) is 10.3 Å². The fourth-order valence-corrected chi connectivity index (χ4v) is 1.94. The highest BCUT2D eigenvalue weighted by Gasteiger charge is 2.32. The second-order valence-corrected chi connectivity index (χ2v) is 4.07. The summed E-state index contributed by atoms with van der Waals surface area (Å²) in [6, 6.07) is 7.52. The van der Waals surface area contributed by atoms with E-state index in [1.807, 2.05) is 24.3 Å². The van der Waals surface area contributed by atoms with E-state index in [-0.39, 0.29) is 0 Å². The molecular weight excluding hydrogens is 244 g/mol. The summed E-state index contributed by atoms with van der Waals surface area (Å²) in [5.41, 5.74) is 5.37. The van der Waals surface area contributed by atoms with Crippen LogP contribution in [0.25, 0.3) is 0 Å². The van der Waals surface area contributed by atoms with Crippen molar-refractivity contribution in [1.82, 2.24) is 5.32 Å². The van der Waals surface area contributed by atoms with Crippen molar-refractivity contribution in [2.24, 2.45) is 5.73 Å². The predicted octanol–water partition coefficient (Wildman–Crippen LogP) is 1.37. The maximum absolute atomic E-state index is 11.3. The van der Waals surface area contributed by atoms with Crippen molar-refractivity contribution in [2.45, 2.75) is 12.5 Å². The normalized spacial score (nSPS) is 14.8. The van der Waals surface area contributed by atoms with Crippen molar-refractivity contribution in [3.8, 4) is 0 Å². The third-order valence-electron chi connectivity index (χ3n) is 2.41. The first-order valence-corrected chi connectivity index (χ1v) is 5.05. The number of hydrogen-bond acceptors (Lipinski definition) is 2. The zero-order chi connectivity index (χ0) is 10.8. The molecule has 0 fully saturated rings. The molecule has 4 heteroatoms. The molecule has 1 unspecified atom stereocenters. The van der Waals surface area contributed by atoms with Gasteiger partial charge in [0, 0.05) is 4.47 Å². The van der Waals surface area contributed by atoms with Gasteiger partial charge in [-0.15, -0.1) is 0 Å². The summed E-state index contributed by atoms with van der Waals surface area (Å²) >= 11 is 3.39. The largest absolute Gasteiger partial charge is 0.368 e. The molecule has 0 bridgehead atoms. The zero-order valence-corrected chi connectivity index (χ0v) is 9.76. The first-order chi connectivity index (χ1) is 6.52. The van der Waals surface area contributed by atoms with Crippen LogP contribution in [0.4, 0.5) is 0 Å². The van der Waals surface area contributed by atoms with E-state index < -0.39 is 11.4 Å². The highest BCUT2D eigenvalue weighted by molar-refractivity contribution is 9.10. The molecule has 0 aliphatic rings. The van der Waals surface area contributed by atoms with Crippen molar-refractivity contribution in [3.05, 3.63) is 34.3 Å². The Hall–Kier alpha value is -0.870. The van der Waals surface area contributed by atoms with Crippen molar-refractivity contribution < 1.29 is 4.79 Å². The molecule has 0 saturated heterocycles. The van der Waals surface area contributed by atoms with E-state index in [2.05, 4.69) is 21.2 Å². The monoisotopic (exact) mass is 256 g/mol. The van der Waals surface area contributed by atoms with Gasteiger partial charge in [0.15, 0.2) is 0 Å². The van der Waals surface area contributed by atoms with E-state index in [1.165, 1.54) is 0 Å². The third-order valence-corrected chi connectivity index (χ3v) is 3.10. The molecule has 1 aromatic rings. The number of hydrogen-bond donors (Lipinski definition) is 2. The van der Waals surface area contributed by atoms with Crippen LogP contribution in [-0.4, -0.2) is 13.0 Å². The number of carbonyl (C=O) groups is 1. The van der Waals surface area contributed by atoms with E-state index in [0.717, 1.165) is 10.0 Å². The van der Waals surface area contributed by atoms with Crippen LogP contribution in [0.15, 0.2) is 28.7 Å². The minimum Gasteiger partial charge on any atom is -0.368 e. The molecule has 14 heavy (non-hydrogen) atoms. The SMILES string of the molecule is CNC(C)(C(N)=O)c1ccccc1Br. The summed E-state index contributed by atoms with van der Waals surface area (Å²) in [4.78, 5) is 11.3. The van der Waals surface area contributed by atoms with Crippen LogP contribution in [0.1, 0.15) is 12.5 Å². The fraction of sp³-hybridized carbons (Fsp3) is 0.300. The third kappa shape index (κ3) is 1.81. The number of benzene rings is 1. The van der Waals surface area contributed by atoms with Gasteiger partial charge in [-0.25, -0.2) is 0 Å². The molecule has 1 atom stereocenters. The van der Waals surface area contributed by atoms with Gasteiger partial charge < -0.3 is 11.1 Å². The number of carbonyl (C=O) groups excluding carboxylic acids is 1. The second kappa shape index (κ2) is 4.11. The van der Waals surface area contributed by atoms with Gasteiger partial charge in [-0.3, -0.25) is 4.79 Å². The average molecular weight is 257 g/mol. The van der Waals surface area contributed by atoms with Crippen LogP contribution >= 0.6 is 15.9 Å². The number of halogens is 1. The molecule has 0 aromatic heterocycles. The standard InChI is InChI=1S/C10H13BrN2O/c1-10(13-2,9(12)14)7-5-3-4-6-8(7)11/h3-6,13H,1-2H3,(H2,12,14). The second-order valence-electron chi connectivity index (χ2n) is 3.22. The smallest absolute Gasteiger partial charge is 0.242 e. The maximum atomic E-state index is 11.3. The van der Waals surface area contributed by atoms with Gasteiger partial charge in [0.2, 0.25) is 5.91 Å². The number of nitrogens with two attached hydrogens (primary N) is 1. The van der Waals surface area contributed by atoms with E-state index in [9.17, 15) is 4.79 Å². The van der Waals surface area contributed by atoms with Gasteiger partial charge in [0.25, 0.3) is 0 Å². The Kier molecular flexibility index (Phi) is 3.29. The molecule has 3 N–H and O–H groups in total. The molecule has 0 aliphatic carbocycles. The molecule has 0 spiro atoms. The van der Waals surface area contributed by atoms with Gasteiger partial charge in [0.1, 0.15) is 5.54 Å². The molecule has 0 radical (unpaired) electrons. The van der Waals surface area contributed by atoms with Gasteiger partial charge in [0.05, 0.1) is 0 Å².